The molecule has 0 aromatic carbocycles. The van der Waals surface area contributed by atoms with Crippen LogP contribution in [0.1, 0.15) is 6.92 Å². The molecule has 1 rings (SSSR count). The Labute approximate surface area is 91.8 Å². The molecule has 13 heavy (non-hydrogen) atoms. The van der Waals surface area contributed by atoms with Crippen LogP contribution in [-0.2, 0) is 9.53 Å². The second kappa shape index (κ2) is 4.88. The van der Waals surface area contributed by atoms with Crippen molar-refractivity contribution in [3.63, 3.8) is 0 Å². The van der Waals surface area contributed by atoms with Crippen LogP contribution in [0.2, 0.25) is 0 Å². The fourth-order valence-corrected chi connectivity index (χ4v) is 2.40. The van der Waals surface area contributed by atoms with Gasteiger partial charge in [-0.05, 0) is 6.92 Å². The molecule has 1 heterocycles. The second-order valence-electron chi connectivity index (χ2n) is 2.34. The quantitative estimate of drug-likeness (QED) is 0.539. The first-order valence-corrected chi connectivity index (χ1v) is 5.58. The van der Waals surface area contributed by atoms with Crippen molar-refractivity contribution < 1.29 is 9.53 Å². The smallest absolute Gasteiger partial charge is 0.326 e. The van der Waals surface area contributed by atoms with Gasteiger partial charge in [-0.1, -0.05) is 36.2 Å². The van der Waals surface area contributed by atoms with Gasteiger partial charge in [-0.15, -0.1) is 0 Å². The summed E-state index contributed by atoms with van der Waals surface area (Å²) in [6, 6.07) is 0. The predicted octanol–water partition coefficient (Wildman–Crippen LogP) is 1.21. The maximum atomic E-state index is 11.1. The van der Waals surface area contributed by atoms with Gasteiger partial charge in [-0.2, -0.15) is 0 Å². The van der Waals surface area contributed by atoms with Crippen LogP contribution in [-0.4, -0.2) is 39.1 Å². The van der Waals surface area contributed by atoms with Gasteiger partial charge >= 0.3 is 5.97 Å². The van der Waals surface area contributed by atoms with Gasteiger partial charge < -0.3 is 9.64 Å². The Kier molecular flexibility index (Phi) is 4.08. The van der Waals surface area contributed by atoms with Crippen molar-refractivity contribution in [2.45, 2.75) is 6.92 Å². The molecule has 0 N–H and O–H groups in total. The maximum Gasteiger partial charge on any atom is 0.326 e. The molecule has 0 unspecified atom stereocenters. The largest absolute Gasteiger partial charge is 0.465 e. The number of ether oxygens (including phenoxy) is 1. The Morgan fingerprint density at radius 2 is 2.38 bits per heavy atom. The van der Waals surface area contributed by atoms with Crippen LogP contribution in [0, 0.1) is 0 Å². The van der Waals surface area contributed by atoms with Crippen LogP contribution in [0.15, 0.2) is 0 Å². The molecule has 0 bridgehead atoms. The highest BCUT2D eigenvalue weighted by Gasteiger charge is 2.25. The molecule has 1 saturated heterocycles. The van der Waals surface area contributed by atoms with Crippen LogP contribution >= 0.6 is 36.2 Å². The molecule has 0 atom stereocenters. The number of rotatable bonds is 3. The van der Waals surface area contributed by atoms with Gasteiger partial charge in [0.25, 0.3) is 0 Å². The fraction of sp³-hybridized carbons (Fsp3) is 0.571. The Morgan fingerprint density at radius 1 is 1.69 bits per heavy atom. The van der Waals surface area contributed by atoms with E-state index in [2.05, 4.69) is 0 Å². The number of carbonyl (C=O) groups is 1. The minimum Gasteiger partial charge on any atom is -0.465 e. The first kappa shape index (κ1) is 10.9. The van der Waals surface area contributed by atoms with Crippen molar-refractivity contribution in [2.75, 3.05) is 18.9 Å². The highest BCUT2D eigenvalue weighted by molar-refractivity contribution is 8.24. The summed E-state index contributed by atoms with van der Waals surface area (Å²) in [7, 11) is 0. The number of hydrogen-bond donors (Lipinski definition) is 0. The number of hydrogen-bond acceptors (Lipinski definition) is 5. The first-order chi connectivity index (χ1) is 6.15. The van der Waals surface area contributed by atoms with Crippen molar-refractivity contribution in [3.05, 3.63) is 0 Å². The molecule has 0 aromatic rings. The van der Waals surface area contributed by atoms with E-state index in [1.54, 1.807) is 11.8 Å². The van der Waals surface area contributed by atoms with E-state index in [9.17, 15) is 4.79 Å². The van der Waals surface area contributed by atoms with Crippen molar-refractivity contribution in [3.8, 4) is 0 Å². The molecular formula is C7H9NO2S3. The monoisotopic (exact) mass is 235 g/mol. The summed E-state index contributed by atoms with van der Waals surface area (Å²) in [5.74, 6) is 0.419. The van der Waals surface area contributed by atoms with Crippen molar-refractivity contribution in [1.29, 1.82) is 0 Å². The van der Waals surface area contributed by atoms with Crippen LogP contribution in [0.25, 0.3) is 0 Å². The molecule has 0 saturated carbocycles. The van der Waals surface area contributed by atoms with Crippen molar-refractivity contribution in [2.24, 2.45) is 0 Å². The summed E-state index contributed by atoms with van der Waals surface area (Å²) < 4.78 is 5.46. The number of thioether (sulfide) groups is 1. The lowest BCUT2D eigenvalue weighted by atomic mass is 10.5. The van der Waals surface area contributed by atoms with Gasteiger partial charge in [-0.3, -0.25) is 4.79 Å². The molecule has 0 radical (unpaired) electrons. The summed E-state index contributed by atoms with van der Waals surface area (Å²) >= 11 is 11.5. The SMILES string of the molecule is CCOC(=O)CN1C(=S)CSC1=S. The Balaban J connectivity index is 2.48. The standard InChI is InChI=1S/C7H9NO2S3/c1-2-10-6(9)3-8-5(11)4-13-7(8)12/h2-4H2,1H3. The molecule has 3 nitrogen and oxygen atoms in total. The summed E-state index contributed by atoms with van der Waals surface area (Å²) in [5, 5.41) is 0. The zero-order chi connectivity index (χ0) is 9.84. The zero-order valence-electron chi connectivity index (χ0n) is 7.11. The van der Waals surface area contributed by atoms with Gasteiger partial charge in [0.15, 0.2) is 0 Å². The highest BCUT2D eigenvalue weighted by atomic mass is 32.2. The van der Waals surface area contributed by atoms with E-state index in [-0.39, 0.29) is 12.5 Å². The van der Waals surface area contributed by atoms with E-state index in [4.69, 9.17) is 29.2 Å². The third-order valence-electron chi connectivity index (χ3n) is 1.43. The van der Waals surface area contributed by atoms with Crippen molar-refractivity contribution in [1.82, 2.24) is 4.90 Å². The normalized spacial score (nSPS) is 16.5. The Bertz CT molecular complexity index is 238. The molecule has 6 heteroatoms. The zero-order valence-corrected chi connectivity index (χ0v) is 9.56. The lowest BCUT2D eigenvalue weighted by Crippen LogP contribution is -2.33. The summed E-state index contributed by atoms with van der Waals surface area (Å²) in [5.41, 5.74) is 0. The van der Waals surface area contributed by atoms with Crippen LogP contribution in [0.5, 0.6) is 0 Å². The lowest BCUT2D eigenvalue weighted by Gasteiger charge is -2.15. The summed E-state index contributed by atoms with van der Waals surface area (Å²) in [6.07, 6.45) is 0. The third-order valence-corrected chi connectivity index (χ3v) is 3.44. The molecule has 0 amide bonds. The van der Waals surface area contributed by atoms with Gasteiger partial charge in [0.2, 0.25) is 0 Å². The second-order valence-corrected chi connectivity index (χ2v) is 4.42. The Morgan fingerprint density at radius 3 is 2.85 bits per heavy atom. The fourth-order valence-electron chi connectivity index (χ4n) is 0.870. The molecule has 0 aliphatic carbocycles. The van der Waals surface area contributed by atoms with E-state index < -0.39 is 0 Å². The minimum atomic E-state index is -0.283. The summed E-state index contributed by atoms with van der Waals surface area (Å²) in [6.45, 7) is 2.31. The average molecular weight is 235 g/mol. The molecule has 1 fully saturated rings. The van der Waals surface area contributed by atoms with Gasteiger partial charge in [0.1, 0.15) is 10.9 Å². The first-order valence-electron chi connectivity index (χ1n) is 3.78. The van der Waals surface area contributed by atoms with E-state index in [0.29, 0.717) is 21.7 Å². The minimum absolute atomic E-state index is 0.151. The number of carbonyl (C=O) groups excluding carboxylic acids is 1. The van der Waals surface area contributed by atoms with E-state index in [0.717, 1.165) is 0 Å². The predicted molar refractivity (Wildman–Crippen MR) is 61.0 cm³/mol. The van der Waals surface area contributed by atoms with E-state index >= 15 is 0 Å². The molecular weight excluding hydrogens is 226 g/mol. The van der Waals surface area contributed by atoms with Crippen LogP contribution in [0.4, 0.5) is 0 Å². The third kappa shape index (κ3) is 2.89. The molecule has 0 aromatic heterocycles. The Hall–Kier alpha value is -0.200. The van der Waals surface area contributed by atoms with Crippen LogP contribution < -0.4 is 0 Å². The van der Waals surface area contributed by atoms with Crippen molar-refractivity contribution >= 4 is 51.5 Å². The maximum absolute atomic E-state index is 11.1. The van der Waals surface area contributed by atoms with E-state index in [1.807, 2.05) is 0 Å². The number of thiocarbonyl (C=S) groups is 2. The molecule has 1 aliphatic rings. The average Bonchev–Trinajstić information content (AvgIpc) is 2.36. The van der Waals surface area contributed by atoms with E-state index in [1.165, 1.54) is 11.8 Å². The number of esters is 1. The number of nitrogens with zero attached hydrogens (tertiary/aromatic N) is 1. The molecule has 1 aliphatic heterocycles. The van der Waals surface area contributed by atoms with Gasteiger partial charge in [-0.25, -0.2) is 0 Å². The highest BCUT2D eigenvalue weighted by Crippen LogP contribution is 2.19. The van der Waals surface area contributed by atoms with Crippen LogP contribution in [0.3, 0.4) is 0 Å². The topological polar surface area (TPSA) is 29.5 Å². The summed E-state index contributed by atoms with van der Waals surface area (Å²) in [4.78, 5) is 13.5. The van der Waals surface area contributed by atoms with Gasteiger partial charge in [0, 0.05) is 0 Å². The van der Waals surface area contributed by atoms with Gasteiger partial charge in [0.05, 0.1) is 17.3 Å². The lowest BCUT2D eigenvalue weighted by molar-refractivity contribution is -0.142. The molecule has 72 valence electrons. The molecule has 0 spiro atoms.